The number of hydrogen-bond acceptors (Lipinski definition) is 4. The van der Waals surface area contributed by atoms with Gasteiger partial charge in [0.05, 0.1) is 25.9 Å². The van der Waals surface area contributed by atoms with Gasteiger partial charge in [0.25, 0.3) is 0 Å². The van der Waals surface area contributed by atoms with E-state index in [1.54, 1.807) is 6.26 Å². The second-order valence-electron chi connectivity index (χ2n) is 6.28. The summed E-state index contributed by atoms with van der Waals surface area (Å²) in [4.78, 5) is 14.6. The average Bonchev–Trinajstić information content (AvgIpc) is 3.01. The summed E-state index contributed by atoms with van der Waals surface area (Å²) in [6.45, 7) is 7.48. The van der Waals surface area contributed by atoms with Gasteiger partial charge in [-0.25, -0.2) is 0 Å². The van der Waals surface area contributed by atoms with Crippen molar-refractivity contribution in [3.05, 3.63) is 35.6 Å². The highest BCUT2D eigenvalue weighted by Gasteiger charge is 2.12. The molecule has 1 aromatic heterocycles. The molecule has 0 atom stereocenters. The summed E-state index contributed by atoms with van der Waals surface area (Å²) in [5.74, 6) is 0.0570. The monoisotopic (exact) mass is 330 g/mol. The minimum atomic E-state index is 0.0570. The Hall–Kier alpha value is -1.85. The predicted octanol–water partition coefficient (Wildman–Crippen LogP) is 2.38. The number of fused-ring (bicyclic) bond motifs is 1. The van der Waals surface area contributed by atoms with Crippen LogP contribution in [0.25, 0.3) is 11.0 Å². The van der Waals surface area contributed by atoms with Gasteiger partial charge in [-0.1, -0.05) is 13.0 Å². The van der Waals surface area contributed by atoms with E-state index < -0.39 is 0 Å². The fourth-order valence-electron chi connectivity index (χ4n) is 3.08. The molecule has 0 aliphatic carbocycles. The van der Waals surface area contributed by atoms with Crippen LogP contribution in [0.5, 0.6) is 0 Å². The van der Waals surface area contributed by atoms with Crippen LogP contribution in [0.4, 0.5) is 0 Å². The van der Waals surface area contributed by atoms with Gasteiger partial charge < -0.3 is 14.5 Å². The molecule has 1 saturated heterocycles. The minimum absolute atomic E-state index is 0.0570. The van der Waals surface area contributed by atoms with Gasteiger partial charge in [-0.2, -0.15) is 0 Å². The lowest BCUT2D eigenvalue weighted by atomic mass is 10.1. The molecule has 1 amide bonds. The predicted molar refractivity (Wildman–Crippen MR) is 94.2 cm³/mol. The van der Waals surface area contributed by atoms with Crippen LogP contribution in [0.3, 0.4) is 0 Å². The van der Waals surface area contributed by atoms with E-state index in [0.717, 1.165) is 62.2 Å². The lowest BCUT2D eigenvalue weighted by Gasteiger charge is -2.26. The smallest absolute Gasteiger partial charge is 0.224 e. The molecule has 1 aliphatic heterocycles. The van der Waals surface area contributed by atoms with Crippen LogP contribution in [0, 0.1) is 0 Å². The molecule has 2 aromatic rings. The highest BCUT2D eigenvalue weighted by Crippen LogP contribution is 2.23. The van der Waals surface area contributed by atoms with Gasteiger partial charge in [0, 0.05) is 30.6 Å². The molecule has 0 spiro atoms. The molecule has 0 saturated carbocycles. The van der Waals surface area contributed by atoms with Crippen molar-refractivity contribution in [2.45, 2.75) is 26.2 Å². The van der Waals surface area contributed by atoms with Gasteiger partial charge in [-0.15, -0.1) is 0 Å². The number of morpholine rings is 1. The van der Waals surface area contributed by atoms with Gasteiger partial charge >= 0.3 is 0 Å². The van der Waals surface area contributed by atoms with Crippen LogP contribution in [-0.4, -0.2) is 50.2 Å². The number of ether oxygens (including phenoxy) is 1. The van der Waals surface area contributed by atoms with Crippen molar-refractivity contribution in [3.8, 4) is 0 Å². The van der Waals surface area contributed by atoms with E-state index in [9.17, 15) is 4.79 Å². The number of amides is 1. The maximum absolute atomic E-state index is 12.2. The molecule has 0 bridgehead atoms. The molecule has 24 heavy (non-hydrogen) atoms. The van der Waals surface area contributed by atoms with E-state index in [0.29, 0.717) is 13.0 Å². The number of rotatable bonds is 7. The van der Waals surface area contributed by atoms with Crippen LogP contribution >= 0.6 is 0 Å². The average molecular weight is 330 g/mol. The van der Waals surface area contributed by atoms with E-state index in [1.807, 2.05) is 6.07 Å². The summed E-state index contributed by atoms with van der Waals surface area (Å²) < 4.78 is 10.9. The molecule has 3 rings (SSSR count). The summed E-state index contributed by atoms with van der Waals surface area (Å²) in [5, 5.41) is 4.07. The summed E-state index contributed by atoms with van der Waals surface area (Å²) in [5.41, 5.74) is 3.07. The maximum atomic E-state index is 12.2. The molecule has 1 fully saturated rings. The van der Waals surface area contributed by atoms with E-state index in [1.165, 1.54) is 5.56 Å². The molecule has 1 aliphatic rings. The van der Waals surface area contributed by atoms with Gasteiger partial charge in [0.15, 0.2) is 0 Å². The van der Waals surface area contributed by atoms with Crippen molar-refractivity contribution in [1.82, 2.24) is 10.2 Å². The Morgan fingerprint density at radius 1 is 1.29 bits per heavy atom. The Bertz CT molecular complexity index is 674. The fourth-order valence-corrected chi connectivity index (χ4v) is 3.08. The zero-order valence-corrected chi connectivity index (χ0v) is 14.3. The van der Waals surface area contributed by atoms with Crippen molar-refractivity contribution in [3.63, 3.8) is 0 Å². The number of benzene rings is 1. The molecule has 5 heteroatoms. The number of nitrogens with one attached hydrogen (secondary N) is 1. The Morgan fingerprint density at radius 2 is 2.12 bits per heavy atom. The first kappa shape index (κ1) is 17.0. The number of nitrogens with zero attached hydrogens (tertiary/aromatic N) is 1. The largest absolute Gasteiger partial charge is 0.464 e. The summed E-state index contributed by atoms with van der Waals surface area (Å²) >= 11 is 0. The topological polar surface area (TPSA) is 54.7 Å². The number of hydrogen-bond donors (Lipinski definition) is 1. The van der Waals surface area contributed by atoms with Gasteiger partial charge in [-0.3, -0.25) is 9.69 Å². The molecule has 0 unspecified atom stereocenters. The van der Waals surface area contributed by atoms with Crippen molar-refractivity contribution in [1.29, 1.82) is 0 Å². The third kappa shape index (κ3) is 4.36. The minimum Gasteiger partial charge on any atom is -0.464 e. The zero-order valence-electron chi connectivity index (χ0n) is 14.3. The molecule has 2 heterocycles. The first-order chi connectivity index (χ1) is 11.8. The summed E-state index contributed by atoms with van der Waals surface area (Å²) in [7, 11) is 0. The molecule has 1 aromatic carbocycles. The van der Waals surface area contributed by atoms with Crippen molar-refractivity contribution in [2.75, 3.05) is 39.4 Å². The van der Waals surface area contributed by atoms with E-state index >= 15 is 0 Å². The third-order valence-electron chi connectivity index (χ3n) is 4.55. The Kier molecular flexibility index (Phi) is 5.88. The number of carbonyl (C=O) groups excluding carboxylic acids is 1. The highest BCUT2D eigenvalue weighted by molar-refractivity contribution is 5.88. The molecular weight excluding hydrogens is 304 g/mol. The Balaban J connectivity index is 1.46. The van der Waals surface area contributed by atoms with Crippen molar-refractivity contribution < 1.29 is 13.9 Å². The normalized spacial score (nSPS) is 15.7. The van der Waals surface area contributed by atoms with Crippen molar-refractivity contribution >= 4 is 16.9 Å². The van der Waals surface area contributed by atoms with Gasteiger partial charge in [0.2, 0.25) is 5.91 Å². The summed E-state index contributed by atoms with van der Waals surface area (Å²) in [6.07, 6.45) is 4.03. The van der Waals surface area contributed by atoms with Crippen LogP contribution in [0.2, 0.25) is 0 Å². The zero-order chi connectivity index (χ0) is 16.8. The maximum Gasteiger partial charge on any atom is 0.224 e. The standard InChI is InChI=1S/C19H26N2O3/c1-2-15-4-5-18-17(12-15)16(14-24-18)13-19(22)20-6-3-7-21-8-10-23-11-9-21/h4-5,12,14H,2-3,6-11,13H2,1H3,(H,20,22). The quantitative estimate of drug-likeness (QED) is 0.792. The van der Waals surface area contributed by atoms with Gasteiger partial charge in [-0.05, 0) is 37.1 Å². The molecule has 1 N–H and O–H groups in total. The second kappa shape index (κ2) is 8.31. The molecule has 0 radical (unpaired) electrons. The molecule has 5 nitrogen and oxygen atoms in total. The number of carbonyl (C=O) groups is 1. The lowest BCUT2D eigenvalue weighted by molar-refractivity contribution is -0.120. The van der Waals surface area contributed by atoms with Crippen LogP contribution in [0.1, 0.15) is 24.5 Å². The van der Waals surface area contributed by atoms with Crippen LogP contribution in [-0.2, 0) is 22.4 Å². The van der Waals surface area contributed by atoms with E-state index in [-0.39, 0.29) is 5.91 Å². The van der Waals surface area contributed by atoms with Gasteiger partial charge in [0.1, 0.15) is 5.58 Å². The SMILES string of the molecule is CCc1ccc2occ(CC(=O)NCCCN3CCOCC3)c2c1. The van der Waals surface area contributed by atoms with Crippen molar-refractivity contribution in [2.24, 2.45) is 0 Å². The molecular formula is C19H26N2O3. The van der Waals surface area contributed by atoms with Crippen LogP contribution < -0.4 is 5.32 Å². The third-order valence-corrected chi connectivity index (χ3v) is 4.55. The fraction of sp³-hybridized carbons (Fsp3) is 0.526. The lowest BCUT2D eigenvalue weighted by Crippen LogP contribution is -2.38. The van der Waals surface area contributed by atoms with E-state index in [2.05, 4.69) is 29.3 Å². The Morgan fingerprint density at radius 3 is 2.92 bits per heavy atom. The number of furan rings is 1. The van der Waals surface area contributed by atoms with E-state index in [4.69, 9.17) is 9.15 Å². The molecule has 130 valence electrons. The first-order valence-corrected chi connectivity index (χ1v) is 8.82. The number of aryl methyl sites for hydroxylation is 1. The highest BCUT2D eigenvalue weighted by atomic mass is 16.5. The van der Waals surface area contributed by atoms with Crippen LogP contribution in [0.15, 0.2) is 28.9 Å². The second-order valence-corrected chi connectivity index (χ2v) is 6.28. The first-order valence-electron chi connectivity index (χ1n) is 8.82. The Labute approximate surface area is 143 Å². The summed E-state index contributed by atoms with van der Waals surface area (Å²) in [6, 6.07) is 6.18.